The molecule has 0 fully saturated rings. The molecule has 0 unspecified atom stereocenters. The number of anilines is 1. The third-order valence-electron chi connectivity index (χ3n) is 4.78. The number of sulfonamides is 1. The van der Waals surface area contributed by atoms with Gasteiger partial charge in [0.25, 0.3) is 10.0 Å². The standard InChI is InChI=1S/C23H27N3O3S2/c1-16(2)26(17(3)4)22(27)14-20-15-30-23(24-20)25-31(28,29)21-12-10-19(11-13-21)18-8-6-5-7-9-18/h5-13,15-17H,14H2,1-4H3,(H,24,25). The van der Waals surface area contributed by atoms with Crippen LogP contribution in [0.4, 0.5) is 5.13 Å². The second-order valence-electron chi connectivity index (χ2n) is 7.81. The normalized spacial score (nSPS) is 11.7. The summed E-state index contributed by atoms with van der Waals surface area (Å²) in [6.07, 6.45) is 0.139. The molecule has 0 bridgehead atoms. The van der Waals surface area contributed by atoms with Crippen LogP contribution in [0.3, 0.4) is 0 Å². The number of thiazole rings is 1. The lowest BCUT2D eigenvalue weighted by Crippen LogP contribution is -2.42. The molecule has 164 valence electrons. The fourth-order valence-electron chi connectivity index (χ4n) is 3.48. The SMILES string of the molecule is CC(C)N(C(=O)Cc1csc(NS(=O)(=O)c2ccc(-c3ccccc3)cc2)n1)C(C)C. The van der Waals surface area contributed by atoms with E-state index in [1.165, 1.54) is 11.3 Å². The van der Waals surface area contributed by atoms with E-state index in [0.29, 0.717) is 5.69 Å². The summed E-state index contributed by atoms with van der Waals surface area (Å²) in [5.41, 5.74) is 2.51. The highest BCUT2D eigenvalue weighted by Gasteiger charge is 2.22. The maximum absolute atomic E-state index is 12.7. The molecule has 3 aromatic rings. The van der Waals surface area contributed by atoms with Crippen molar-refractivity contribution in [2.75, 3.05) is 4.72 Å². The molecule has 2 aromatic carbocycles. The maximum Gasteiger partial charge on any atom is 0.263 e. The summed E-state index contributed by atoms with van der Waals surface area (Å²) in [6.45, 7) is 7.90. The van der Waals surface area contributed by atoms with Gasteiger partial charge in [-0.05, 0) is 51.0 Å². The Kier molecular flexibility index (Phi) is 7.12. The van der Waals surface area contributed by atoms with Crippen LogP contribution in [0.5, 0.6) is 0 Å². The van der Waals surface area contributed by atoms with Crippen molar-refractivity contribution in [3.8, 4) is 11.1 Å². The molecule has 8 heteroatoms. The highest BCUT2D eigenvalue weighted by Crippen LogP contribution is 2.24. The third kappa shape index (κ3) is 5.71. The molecular weight excluding hydrogens is 430 g/mol. The monoisotopic (exact) mass is 457 g/mol. The number of amides is 1. The molecule has 1 aromatic heterocycles. The summed E-state index contributed by atoms with van der Waals surface area (Å²) in [4.78, 5) is 18.9. The van der Waals surface area contributed by atoms with Crippen molar-refractivity contribution in [3.05, 3.63) is 65.7 Å². The Bertz CT molecular complexity index is 1110. The molecule has 0 saturated carbocycles. The molecule has 0 saturated heterocycles. The van der Waals surface area contributed by atoms with Crippen LogP contribution in [0.2, 0.25) is 0 Å². The van der Waals surface area contributed by atoms with Gasteiger partial charge in [0, 0.05) is 17.5 Å². The van der Waals surface area contributed by atoms with Crippen molar-refractivity contribution in [1.82, 2.24) is 9.88 Å². The highest BCUT2D eigenvalue weighted by atomic mass is 32.2. The first-order chi connectivity index (χ1) is 14.7. The first kappa shape index (κ1) is 23.0. The molecule has 0 atom stereocenters. The fourth-order valence-corrected chi connectivity index (χ4v) is 5.45. The van der Waals surface area contributed by atoms with E-state index in [1.807, 2.05) is 58.0 Å². The number of rotatable bonds is 8. The van der Waals surface area contributed by atoms with Crippen LogP contribution >= 0.6 is 11.3 Å². The number of benzene rings is 2. The minimum Gasteiger partial charge on any atom is -0.338 e. The zero-order valence-electron chi connectivity index (χ0n) is 18.1. The summed E-state index contributed by atoms with van der Waals surface area (Å²) in [6, 6.07) is 16.6. The number of nitrogens with one attached hydrogen (secondary N) is 1. The lowest BCUT2D eigenvalue weighted by molar-refractivity contribution is -0.134. The Balaban J connectivity index is 1.70. The van der Waals surface area contributed by atoms with Gasteiger partial charge in [0.15, 0.2) is 5.13 Å². The van der Waals surface area contributed by atoms with Crippen LogP contribution < -0.4 is 4.72 Å². The van der Waals surface area contributed by atoms with E-state index >= 15 is 0 Å². The Labute approximate surface area is 188 Å². The summed E-state index contributed by atoms with van der Waals surface area (Å²) < 4.78 is 28.0. The third-order valence-corrected chi connectivity index (χ3v) is 7.07. The Morgan fingerprint density at radius 3 is 2.13 bits per heavy atom. The second kappa shape index (κ2) is 9.62. The quantitative estimate of drug-likeness (QED) is 0.527. The molecule has 0 radical (unpaired) electrons. The number of nitrogens with zero attached hydrogens (tertiary/aromatic N) is 2. The van der Waals surface area contributed by atoms with Crippen LogP contribution in [0.1, 0.15) is 33.4 Å². The van der Waals surface area contributed by atoms with Crippen LogP contribution in [0.15, 0.2) is 64.9 Å². The van der Waals surface area contributed by atoms with Crippen molar-refractivity contribution in [2.24, 2.45) is 0 Å². The van der Waals surface area contributed by atoms with E-state index in [1.54, 1.807) is 34.5 Å². The molecule has 0 aliphatic rings. The minimum absolute atomic E-state index is 0.0267. The predicted octanol–water partition coefficient (Wildman–Crippen LogP) is 4.80. The van der Waals surface area contributed by atoms with Gasteiger partial charge in [0.1, 0.15) is 0 Å². The van der Waals surface area contributed by atoms with Crippen molar-refractivity contribution in [3.63, 3.8) is 0 Å². The molecule has 0 spiro atoms. The molecule has 3 rings (SSSR count). The van der Waals surface area contributed by atoms with Gasteiger partial charge in [-0.2, -0.15) is 0 Å². The zero-order valence-corrected chi connectivity index (χ0v) is 19.7. The van der Waals surface area contributed by atoms with Crippen molar-refractivity contribution in [2.45, 2.75) is 51.1 Å². The topological polar surface area (TPSA) is 79.4 Å². The molecule has 31 heavy (non-hydrogen) atoms. The number of hydrogen-bond acceptors (Lipinski definition) is 5. The van der Waals surface area contributed by atoms with E-state index in [4.69, 9.17) is 0 Å². The van der Waals surface area contributed by atoms with Crippen molar-refractivity contribution < 1.29 is 13.2 Å². The van der Waals surface area contributed by atoms with Crippen molar-refractivity contribution in [1.29, 1.82) is 0 Å². The number of carbonyl (C=O) groups is 1. The van der Waals surface area contributed by atoms with Gasteiger partial charge in [-0.25, -0.2) is 13.4 Å². The molecule has 1 N–H and O–H groups in total. The summed E-state index contributed by atoms with van der Waals surface area (Å²) in [7, 11) is -3.77. The van der Waals surface area contributed by atoms with Gasteiger partial charge in [0.2, 0.25) is 5.91 Å². The minimum atomic E-state index is -3.77. The summed E-state index contributed by atoms with van der Waals surface area (Å²) >= 11 is 1.17. The number of aromatic nitrogens is 1. The van der Waals surface area contributed by atoms with E-state index in [9.17, 15) is 13.2 Å². The molecule has 0 aliphatic carbocycles. The van der Waals surface area contributed by atoms with Crippen LogP contribution in [-0.4, -0.2) is 36.3 Å². The maximum atomic E-state index is 12.7. The van der Waals surface area contributed by atoms with Gasteiger partial charge < -0.3 is 4.90 Å². The van der Waals surface area contributed by atoms with E-state index in [0.717, 1.165) is 11.1 Å². The van der Waals surface area contributed by atoms with E-state index in [-0.39, 0.29) is 34.4 Å². The van der Waals surface area contributed by atoms with Gasteiger partial charge in [0.05, 0.1) is 17.0 Å². The molecule has 6 nitrogen and oxygen atoms in total. The first-order valence-corrected chi connectivity index (χ1v) is 12.5. The van der Waals surface area contributed by atoms with Crippen LogP contribution in [0.25, 0.3) is 11.1 Å². The summed E-state index contributed by atoms with van der Waals surface area (Å²) in [5.74, 6) is -0.0267. The largest absolute Gasteiger partial charge is 0.338 e. The Morgan fingerprint density at radius 2 is 1.55 bits per heavy atom. The highest BCUT2D eigenvalue weighted by molar-refractivity contribution is 7.93. The lowest BCUT2D eigenvalue weighted by Gasteiger charge is -2.30. The van der Waals surface area contributed by atoms with E-state index < -0.39 is 10.0 Å². The average Bonchev–Trinajstić information content (AvgIpc) is 3.14. The molecular formula is C23H27N3O3S2. The Morgan fingerprint density at radius 1 is 0.968 bits per heavy atom. The second-order valence-corrected chi connectivity index (χ2v) is 10.3. The van der Waals surface area contributed by atoms with Gasteiger partial charge in [-0.15, -0.1) is 11.3 Å². The Hall–Kier alpha value is -2.71. The van der Waals surface area contributed by atoms with Crippen molar-refractivity contribution >= 4 is 32.4 Å². The van der Waals surface area contributed by atoms with Gasteiger partial charge in [-0.3, -0.25) is 9.52 Å². The molecule has 0 aliphatic heterocycles. The molecule has 1 heterocycles. The van der Waals surface area contributed by atoms with Gasteiger partial charge >= 0.3 is 0 Å². The molecule has 1 amide bonds. The van der Waals surface area contributed by atoms with Crippen LogP contribution in [0, 0.1) is 0 Å². The smallest absolute Gasteiger partial charge is 0.263 e. The van der Waals surface area contributed by atoms with Crippen LogP contribution in [-0.2, 0) is 21.2 Å². The fraction of sp³-hybridized carbons (Fsp3) is 0.304. The van der Waals surface area contributed by atoms with Gasteiger partial charge in [-0.1, -0.05) is 42.5 Å². The van der Waals surface area contributed by atoms with E-state index in [2.05, 4.69) is 9.71 Å². The number of carbonyl (C=O) groups excluding carboxylic acids is 1. The predicted molar refractivity (Wildman–Crippen MR) is 126 cm³/mol. The lowest BCUT2D eigenvalue weighted by atomic mass is 10.1. The summed E-state index contributed by atoms with van der Waals surface area (Å²) in [5, 5.41) is 1.96. The first-order valence-electron chi connectivity index (χ1n) is 10.1. The average molecular weight is 458 g/mol. The number of hydrogen-bond donors (Lipinski definition) is 1. The zero-order chi connectivity index (χ0) is 22.6.